The second-order valence-electron chi connectivity index (χ2n) is 5.85. The first kappa shape index (κ1) is 20.9. The van der Waals surface area contributed by atoms with E-state index in [-0.39, 0.29) is 24.4 Å². The number of hydrogen-bond donors (Lipinski definition) is 2. The van der Waals surface area contributed by atoms with Crippen molar-refractivity contribution in [2.75, 3.05) is 13.1 Å². The van der Waals surface area contributed by atoms with Crippen LogP contribution in [-0.2, 0) is 0 Å². The number of halogens is 1. The van der Waals surface area contributed by atoms with Crippen molar-refractivity contribution in [3.63, 3.8) is 0 Å². The van der Waals surface area contributed by atoms with Gasteiger partial charge in [0, 0.05) is 6.54 Å². The van der Waals surface area contributed by atoms with Crippen LogP contribution in [0.15, 0.2) is 24.3 Å². The summed E-state index contributed by atoms with van der Waals surface area (Å²) in [6.07, 6.45) is 1.86. The molecule has 0 unspecified atom stereocenters. The molecule has 7 nitrogen and oxygen atoms in total. The van der Waals surface area contributed by atoms with Gasteiger partial charge in [0.25, 0.3) is 5.91 Å². The number of rotatable bonds is 8. The van der Waals surface area contributed by atoms with Gasteiger partial charge in [0.05, 0.1) is 17.5 Å². The molecule has 2 rings (SSSR count). The number of aromatic nitrogens is 3. The van der Waals surface area contributed by atoms with Crippen LogP contribution in [0.4, 0.5) is 0 Å². The summed E-state index contributed by atoms with van der Waals surface area (Å²) in [4.78, 5) is 12.2. The van der Waals surface area contributed by atoms with Gasteiger partial charge in [-0.15, -0.1) is 17.5 Å². The highest BCUT2D eigenvalue weighted by Gasteiger charge is 2.16. The van der Waals surface area contributed by atoms with Crippen molar-refractivity contribution in [2.45, 2.75) is 39.7 Å². The second-order valence-corrected chi connectivity index (χ2v) is 5.85. The summed E-state index contributed by atoms with van der Waals surface area (Å²) in [6, 6.07) is 7.54. The van der Waals surface area contributed by atoms with Crippen molar-refractivity contribution in [3.8, 4) is 11.4 Å². The fraction of sp³-hybridized carbons (Fsp3) is 0.471. The van der Waals surface area contributed by atoms with Crippen LogP contribution >= 0.6 is 12.4 Å². The largest absolute Gasteiger partial charge is 0.491 e. The quantitative estimate of drug-likeness (QED) is 0.698. The summed E-state index contributed by atoms with van der Waals surface area (Å²) in [6.45, 7) is 7.00. The van der Waals surface area contributed by atoms with Gasteiger partial charge in [-0.05, 0) is 64.4 Å². The highest BCUT2D eigenvalue weighted by atomic mass is 35.5. The van der Waals surface area contributed by atoms with Crippen molar-refractivity contribution in [1.82, 2.24) is 20.3 Å². The van der Waals surface area contributed by atoms with Gasteiger partial charge in [-0.1, -0.05) is 5.21 Å². The van der Waals surface area contributed by atoms with E-state index < -0.39 is 0 Å². The predicted octanol–water partition coefficient (Wildman–Crippen LogP) is 2.25. The molecule has 1 heterocycles. The molecule has 0 spiro atoms. The Bertz CT molecular complexity index is 670. The summed E-state index contributed by atoms with van der Waals surface area (Å²) in [5, 5.41) is 10.9. The predicted molar refractivity (Wildman–Crippen MR) is 99.7 cm³/mol. The number of carbonyl (C=O) groups is 1. The number of ether oxygens (including phenoxy) is 1. The average molecular weight is 368 g/mol. The van der Waals surface area contributed by atoms with Crippen molar-refractivity contribution in [3.05, 3.63) is 35.7 Å². The molecule has 25 heavy (non-hydrogen) atoms. The van der Waals surface area contributed by atoms with E-state index in [4.69, 9.17) is 10.5 Å². The maximum Gasteiger partial charge on any atom is 0.273 e. The number of hydrogen-bond acceptors (Lipinski definition) is 5. The first-order valence-corrected chi connectivity index (χ1v) is 8.20. The molecule has 1 aromatic heterocycles. The zero-order chi connectivity index (χ0) is 17.5. The lowest BCUT2D eigenvalue weighted by molar-refractivity contribution is 0.0947. The maximum absolute atomic E-state index is 12.2. The molecule has 8 heteroatoms. The monoisotopic (exact) mass is 367 g/mol. The molecule has 1 aromatic carbocycles. The number of nitrogens with zero attached hydrogens (tertiary/aromatic N) is 3. The third-order valence-electron chi connectivity index (χ3n) is 3.48. The number of amides is 1. The Morgan fingerprint density at radius 1 is 1.28 bits per heavy atom. The molecule has 0 fully saturated rings. The van der Waals surface area contributed by atoms with Gasteiger partial charge in [0.15, 0.2) is 5.69 Å². The summed E-state index contributed by atoms with van der Waals surface area (Å²) < 4.78 is 7.27. The van der Waals surface area contributed by atoms with Crippen LogP contribution < -0.4 is 15.8 Å². The molecular weight excluding hydrogens is 342 g/mol. The Labute approximate surface area is 154 Å². The van der Waals surface area contributed by atoms with Crippen molar-refractivity contribution in [2.24, 2.45) is 5.73 Å². The molecule has 0 aliphatic carbocycles. The van der Waals surface area contributed by atoms with E-state index in [0.29, 0.717) is 24.5 Å². The first-order chi connectivity index (χ1) is 11.5. The number of unbranched alkanes of at least 4 members (excludes halogenated alkanes) is 1. The van der Waals surface area contributed by atoms with Crippen molar-refractivity contribution >= 4 is 18.3 Å². The first-order valence-electron chi connectivity index (χ1n) is 8.20. The van der Waals surface area contributed by atoms with E-state index in [1.807, 2.05) is 45.0 Å². The van der Waals surface area contributed by atoms with Gasteiger partial charge in [-0.2, -0.15) is 0 Å². The Balaban J connectivity index is 0.00000312. The number of nitrogens with one attached hydrogen (secondary N) is 1. The van der Waals surface area contributed by atoms with Gasteiger partial charge in [0.1, 0.15) is 5.75 Å². The zero-order valence-corrected chi connectivity index (χ0v) is 15.7. The number of benzene rings is 1. The van der Waals surface area contributed by atoms with E-state index in [9.17, 15) is 4.79 Å². The molecule has 0 atom stereocenters. The molecule has 0 saturated heterocycles. The second kappa shape index (κ2) is 10.0. The third kappa shape index (κ3) is 5.72. The molecule has 1 amide bonds. The SMILES string of the molecule is Cc1c(C(=O)NCCCCN)nnn1-c1ccc(OC(C)C)cc1.Cl. The minimum Gasteiger partial charge on any atom is -0.491 e. The smallest absolute Gasteiger partial charge is 0.273 e. The molecule has 0 aliphatic heterocycles. The van der Waals surface area contributed by atoms with Gasteiger partial charge >= 0.3 is 0 Å². The van der Waals surface area contributed by atoms with E-state index in [0.717, 1.165) is 24.3 Å². The highest BCUT2D eigenvalue weighted by molar-refractivity contribution is 5.93. The lowest BCUT2D eigenvalue weighted by Gasteiger charge is -2.10. The highest BCUT2D eigenvalue weighted by Crippen LogP contribution is 2.18. The Kier molecular flexibility index (Phi) is 8.37. The average Bonchev–Trinajstić information content (AvgIpc) is 2.93. The van der Waals surface area contributed by atoms with Crippen LogP contribution in [0.25, 0.3) is 5.69 Å². The normalized spacial score (nSPS) is 10.4. The summed E-state index contributed by atoms with van der Waals surface area (Å²) >= 11 is 0. The fourth-order valence-corrected chi connectivity index (χ4v) is 2.28. The van der Waals surface area contributed by atoms with Gasteiger partial charge in [-0.25, -0.2) is 4.68 Å². The minimum absolute atomic E-state index is 0. The molecule has 2 aromatic rings. The Morgan fingerprint density at radius 3 is 2.56 bits per heavy atom. The van der Waals surface area contributed by atoms with Crippen molar-refractivity contribution < 1.29 is 9.53 Å². The van der Waals surface area contributed by atoms with Crippen molar-refractivity contribution in [1.29, 1.82) is 0 Å². The summed E-state index contributed by atoms with van der Waals surface area (Å²) in [7, 11) is 0. The molecule has 0 radical (unpaired) electrons. The maximum atomic E-state index is 12.2. The summed E-state index contributed by atoms with van der Waals surface area (Å²) in [5.41, 5.74) is 7.31. The minimum atomic E-state index is -0.212. The van der Waals surface area contributed by atoms with Crippen LogP contribution in [0.1, 0.15) is 42.9 Å². The standard InChI is InChI=1S/C17H25N5O2.ClH/c1-12(2)24-15-8-6-14(7-9-15)22-13(3)16(20-21-22)17(23)19-11-5-4-10-18;/h6-9,12H,4-5,10-11,18H2,1-3H3,(H,19,23);1H. The molecule has 0 saturated carbocycles. The zero-order valence-electron chi connectivity index (χ0n) is 14.9. The van der Waals surface area contributed by atoms with E-state index in [2.05, 4.69) is 15.6 Å². The van der Waals surface area contributed by atoms with E-state index >= 15 is 0 Å². The molecule has 3 N–H and O–H groups in total. The lowest BCUT2D eigenvalue weighted by atomic mass is 10.2. The van der Waals surface area contributed by atoms with Crippen LogP contribution in [0, 0.1) is 6.92 Å². The molecular formula is C17H26ClN5O2. The van der Waals surface area contributed by atoms with Gasteiger partial charge in [0.2, 0.25) is 0 Å². The number of nitrogens with two attached hydrogens (primary N) is 1. The van der Waals surface area contributed by atoms with Crippen LogP contribution in [0.3, 0.4) is 0 Å². The Morgan fingerprint density at radius 2 is 1.96 bits per heavy atom. The fourth-order valence-electron chi connectivity index (χ4n) is 2.28. The summed E-state index contributed by atoms with van der Waals surface area (Å²) in [5.74, 6) is 0.583. The van der Waals surface area contributed by atoms with Crippen LogP contribution in [-0.4, -0.2) is 40.1 Å². The van der Waals surface area contributed by atoms with Crippen LogP contribution in [0.5, 0.6) is 5.75 Å². The van der Waals surface area contributed by atoms with Gasteiger partial charge in [-0.3, -0.25) is 4.79 Å². The van der Waals surface area contributed by atoms with E-state index in [1.165, 1.54) is 0 Å². The molecule has 138 valence electrons. The number of carbonyl (C=O) groups excluding carboxylic acids is 1. The topological polar surface area (TPSA) is 95.1 Å². The lowest BCUT2D eigenvalue weighted by Crippen LogP contribution is -2.26. The van der Waals surface area contributed by atoms with Gasteiger partial charge < -0.3 is 15.8 Å². The van der Waals surface area contributed by atoms with Crippen LogP contribution in [0.2, 0.25) is 0 Å². The third-order valence-corrected chi connectivity index (χ3v) is 3.48. The Hall–Kier alpha value is -2.12. The molecule has 0 aliphatic rings. The molecule has 0 bridgehead atoms. The van der Waals surface area contributed by atoms with E-state index in [1.54, 1.807) is 4.68 Å².